The van der Waals surface area contributed by atoms with Crippen molar-refractivity contribution in [3.63, 3.8) is 0 Å². The number of allylic oxidation sites excluding steroid dienone is 3. The third-order valence-corrected chi connectivity index (χ3v) is 11.2. The van der Waals surface area contributed by atoms with Gasteiger partial charge in [-0.1, -0.05) is 250 Å². The number of nitrogens with one attached hydrogen (secondary N) is 1. The van der Waals surface area contributed by atoms with Crippen molar-refractivity contribution in [3.8, 4) is 0 Å². The van der Waals surface area contributed by atoms with Crippen LogP contribution in [0.2, 0.25) is 0 Å². The molecule has 0 saturated heterocycles. The van der Waals surface area contributed by atoms with Crippen LogP contribution in [0.1, 0.15) is 264 Å². The van der Waals surface area contributed by atoms with Gasteiger partial charge in [0.05, 0.1) is 18.8 Å². The summed E-state index contributed by atoms with van der Waals surface area (Å²) in [6.45, 7) is 4.32. The second-order valence-corrected chi connectivity index (χ2v) is 16.5. The highest BCUT2D eigenvalue weighted by Gasteiger charge is 2.17. The maximum atomic E-state index is 12.4. The highest BCUT2D eigenvalue weighted by atomic mass is 16.3. The monoisotopic (exact) mass is 746 g/mol. The first-order valence-electron chi connectivity index (χ1n) is 24.1. The summed E-state index contributed by atoms with van der Waals surface area (Å²) >= 11 is 0. The molecule has 2 atom stereocenters. The number of aliphatic hydroxyl groups excluding tert-OH is 2. The number of aliphatic hydroxyl groups is 2. The molecule has 4 nitrogen and oxygen atoms in total. The van der Waals surface area contributed by atoms with E-state index in [2.05, 4.69) is 31.3 Å². The van der Waals surface area contributed by atoms with Crippen molar-refractivity contribution in [2.45, 2.75) is 276 Å². The second-order valence-electron chi connectivity index (χ2n) is 16.5. The Balaban J connectivity index is 3.50. The lowest BCUT2D eigenvalue weighted by Gasteiger charge is -2.19. The third-order valence-electron chi connectivity index (χ3n) is 11.2. The molecule has 0 rings (SSSR count). The van der Waals surface area contributed by atoms with Crippen molar-refractivity contribution in [2.24, 2.45) is 0 Å². The zero-order valence-corrected chi connectivity index (χ0v) is 36.1. The number of unbranched alkanes of at least 4 members (excludes halogenated alkanes) is 35. The van der Waals surface area contributed by atoms with Crippen LogP contribution in [0.4, 0.5) is 0 Å². The van der Waals surface area contributed by atoms with E-state index in [-0.39, 0.29) is 12.5 Å². The maximum Gasteiger partial charge on any atom is 0.220 e. The van der Waals surface area contributed by atoms with Gasteiger partial charge in [0, 0.05) is 6.42 Å². The predicted octanol–water partition coefficient (Wildman–Crippen LogP) is 15.2. The average molecular weight is 746 g/mol. The number of carbonyl (C=O) groups is 1. The SMILES string of the molecule is CCCCCCCCCCCC/C=C/CC/C=C/C(O)C(CO)NC(=O)CCCCCCCCCCCCCCCCCCCCCCCCCCC. The van der Waals surface area contributed by atoms with Gasteiger partial charge in [-0.2, -0.15) is 0 Å². The Morgan fingerprint density at radius 1 is 0.434 bits per heavy atom. The fourth-order valence-corrected chi connectivity index (χ4v) is 7.49. The first-order valence-corrected chi connectivity index (χ1v) is 24.1. The summed E-state index contributed by atoms with van der Waals surface area (Å²) in [5, 5.41) is 23.0. The molecule has 4 heteroatoms. The molecule has 0 saturated carbocycles. The molecule has 0 aromatic heterocycles. The fourth-order valence-electron chi connectivity index (χ4n) is 7.49. The minimum absolute atomic E-state index is 0.0690. The maximum absolute atomic E-state index is 12.4. The molecule has 0 fully saturated rings. The quantitative estimate of drug-likeness (QED) is 0.0430. The van der Waals surface area contributed by atoms with E-state index in [0.717, 1.165) is 32.1 Å². The lowest BCUT2D eigenvalue weighted by Crippen LogP contribution is -2.45. The van der Waals surface area contributed by atoms with E-state index in [1.54, 1.807) is 6.08 Å². The molecule has 0 radical (unpaired) electrons. The minimum Gasteiger partial charge on any atom is -0.394 e. The second kappa shape index (κ2) is 45.3. The molecule has 1 amide bonds. The highest BCUT2D eigenvalue weighted by Crippen LogP contribution is 2.16. The van der Waals surface area contributed by atoms with Crippen LogP contribution in [0.25, 0.3) is 0 Å². The Morgan fingerprint density at radius 2 is 0.736 bits per heavy atom. The molecule has 314 valence electrons. The summed E-state index contributed by atoms with van der Waals surface area (Å²) in [5.74, 6) is -0.0690. The first kappa shape index (κ1) is 51.9. The van der Waals surface area contributed by atoms with Gasteiger partial charge < -0.3 is 15.5 Å². The Morgan fingerprint density at radius 3 is 1.09 bits per heavy atom. The van der Waals surface area contributed by atoms with E-state index in [4.69, 9.17) is 0 Å². The molecule has 0 spiro atoms. The summed E-state index contributed by atoms with van der Waals surface area (Å²) in [4.78, 5) is 12.4. The van der Waals surface area contributed by atoms with Gasteiger partial charge in [-0.3, -0.25) is 4.79 Å². The van der Waals surface area contributed by atoms with E-state index in [1.165, 1.54) is 212 Å². The Bertz CT molecular complexity index is 765. The van der Waals surface area contributed by atoms with Gasteiger partial charge in [-0.15, -0.1) is 0 Å². The van der Waals surface area contributed by atoms with Crippen LogP contribution in [0, 0.1) is 0 Å². The van der Waals surface area contributed by atoms with Crippen LogP contribution >= 0.6 is 0 Å². The van der Waals surface area contributed by atoms with Gasteiger partial charge in [0.15, 0.2) is 0 Å². The molecular weight excluding hydrogens is 651 g/mol. The summed E-state index contributed by atoms with van der Waals surface area (Å²) in [5.41, 5.74) is 0. The summed E-state index contributed by atoms with van der Waals surface area (Å²) < 4.78 is 0. The molecule has 0 aromatic carbocycles. The van der Waals surface area contributed by atoms with E-state index in [1.807, 2.05) is 6.08 Å². The summed E-state index contributed by atoms with van der Waals surface area (Å²) in [6.07, 6.45) is 58.8. The number of amides is 1. The van der Waals surface area contributed by atoms with Crippen molar-refractivity contribution in [1.82, 2.24) is 5.32 Å². The predicted molar refractivity (Wildman–Crippen MR) is 235 cm³/mol. The molecular formula is C49H95NO3. The van der Waals surface area contributed by atoms with E-state index in [9.17, 15) is 15.0 Å². The molecule has 0 aliphatic carbocycles. The largest absolute Gasteiger partial charge is 0.394 e. The molecule has 0 bridgehead atoms. The zero-order valence-electron chi connectivity index (χ0n) is 36.1. The van der Waals surface area contributed by atoms with Crippen molar-refractivity contribution in [2.75, 3.05) is 6.61 Å². The number of carbonyl (C=O) groups excluding carboxylic acids is 1. The molecule has 2 unspecified atom stereocenters. The smallest absolute Gasteiger partial charge is 0.220 e. The van der Waals surface area contributed by atoms with E-state index in [0.29, 0.717) is 6.42 Å². The lowest BCUT2D eigenvalue weighted by atomic mass is 10.0. The number of hydrogen-bond acceptors (Lipinski definition) is 3. The Hall–Kier alpha value is -1.13. The van der Waals surface area contributed by atoms with Gasteiger partial charge >= 0.3 is 0 Å². The van der Waals surface area contributed by atoms with Crippen LogP contribution < -0.4 is 5.32 Å². The third kappa shape index (κ3) is 41.9. The topological polar surface area (TPSA) is 69.6 Å². The first-order chi connectivity index (χ1) is 26.2. The normalized spacial score (nSPS) is 13.1. The number of hydrogen-bond donors (Lipinski definition) is 3. The minimum atomic E-state index is -0.858. The average Bonchev–Trinajstić information content (AvgIpc) is 3.16. The fraction of sp³-hybridized carbons (Fsp3) is 0.898. The summed E-state index contributed by atoms with van der Waals surface area (Å²) in [7, 11) is 0. The van der Waals surface area contributed by atoms with Crippen molar-refractivity contribution in [1.29, 1.82) is 0 Å². The van der Waals surface area contributed by atoms with Crippen molar-refractivity contribution < 1.29 is 15.0 Å². The van der Waals surface area contributed by atoms with Crippen LogP contribution in [-0.2, 0) is 4.79 Å². The molecule has 0 aliphatic rings. The van der Waals surface area contributed by atoms with Crippen molar-refractivity contribution in [3.05, 3.63) is 24.3 Å². The van der Waals surface area contributed by atoms with E-state index < -0.39 is 12.1 Å². The van der Waals surface area contributed by atoms with Crippen LogP contribution in [0.3, 0.4) is 0 Å². The van der Waals surface area contributed by atoms with Gasteiger partial charge in [-0.05, 0) is 32.1 Å². The van der Waals surface area contributed by atoms with Gasteiger partial charge in [0.25, 0.3) is 0 Å². The Kier molecular flexibility index (Phi) is 44.3. The molecule has 3 N–H and O–H groups in total. The molecule has 53 heavy (non-hydrogen) atoms. The molecule has 0 heterocycles. The van der Waals surface area contributed by atoms with Crippen LogP contribution in [0.5, 0.6) is 0 Å². The number of rotatable bonds is 44. The standard InChI is InChI=1S/C49H95NO3/c1-3-5-7-9-11-13-15-17-19-21-22-23-24-25-26-27-28-29-31-33-35-37-39-41-43-45-49(53)50-47(46-51)48(52)44-42-40-38-36-34-32-30-20-18-16-14-12-10-8-6-4-2/h34,36,42,44,47-48,51-52H,3-33,35,37-41,43,45-46H2,1-2H3,(H,50,53)/b36-34+,44-42+. The lowest BCUT2D eigenvalue weighted by molar-refractivity contribution is -0.123. The van der Waals surface area contributed by atoms with Gasteiger partial charge in [0.2, 0.25) is 5.91 Å². The molecule has 0 aromatic rings. The highest BCUT2D eigenvalue weighted by molar-refractivity contribution is 5.76. The summed E-state index contributed by atoms with van der Waals surface area (Å²) in [6, 6.07) is -0.634. The van der Waals surface area contributed by atoms with Crippen LogP contribution in [0.15, 0.2) is 24.3 Å². The van der Waals surface area contributed by atoms with Crippen LogP contribution in [-0.4, -0.2) is 34.9 Å². The zero-order chi connectivity index (χ0) is 38.6. The van der Waals surface area contributed by atoms with E-state index >= 15 is 0 Å². The molecule has 0 aliphatic heterocycles. The van der Waals surface area contributed by atoms with Crippen molar-refractivity contribution >= 4 is 5.91 Å². The van der Waals surface area contributed by atoms with Gasteiger partial charge in [-0.25, -0.2) is 0 Å². The van der Waals surface area contributed by atoms with Gasteiger partial charge in [0.1, 0.15) is 0 Å². The Labute approximate surface area is 332 Å².